The summed E-state index contributed by atoms with van der Waals surface area (Å²) in [4.78, 5) is 25.8. The van der Waals surface area contributed by atoms with Crippen LogP contribution in [0.25, 0.3) is 5.57 Å². The first-order valence-corrected chi connectivity index (χ1v) is 12.5. The monoisotopic (exact) mass is 470 g/mol. The van der Waals surface area contributed by atoms with Gasteiger partial charge in [0.05, 0.1) is 15.7 Å². The number of H-pyrrole nitrogens is 1. The highest BCUT2D eigenvalue weighted by Crippen LogP contribution is 2.53. The van der Waals surface area contributed by atoms with E-state index in [-0.39, 0.29) is 5.56 Å². The number of rotatable bonds is 3. The largest absolute Gasteiger partial charge is 0.369 e. The van der Waals surface area contributed by atoms with Crippen LogP contribution in [0.2, 0.25) is 10.0 Å². The van der Waals surface area contributed by atoms with Crippen LogP contribution in [0.5, 0.6) is 0 Å². The lowest BCUT2D eigenvalue weighted by atomic mass is 9.84. The molecule has 0 radical (unpaired) electrons. The fourth-order valence-corrected chi connectivity index (χ4v) is 6.01. The van der Waals surface area contributed by atoms with Crippen molar-refractivity contribution in [3.8, 4) is 0 Å². The number of hydrogen-bond acceptors (Lipinski definition) is 4. The maximum Gasteiger partial charge on any atom is 0.254 e. The van der Waals surface area contributed by atoms with Crippen molar-refractivity contribution in [1.82, 2.24) is 14.9 Å². The molecule has 1 aliphatic heterocycles. The Balaban J connectivity index is 1.14. The summed E-state index contributed by atoms with van der Waals surface area (Å²) in [7, 11) is 0. The van der Waals surface area contributed by atoms with Crippen LogP contribution in [0.4, 0.5) is 5.69 Å². The van der Waals surface area contributed by atoms with Crippen molar-refractivity contribution in [2.45, 2.75) is 51.0 Å². The topological polar surface area (TPSA) is 52.2 Å². The molecule has 1 aromatic carbocycles. The zero-order valence-corrected chi connectivity index (χ0v) is 19.7. The predicted octanol–water partition coefficient (Wildman–Crippen LogP) is 4.71. The Bertz CT molecular complexity index is 1150. The van der Waals surface area contributed by atoms with Gasteiger partial charge in [0.25, 0.3) is 5.56 Å². The van der Waals surface area contributed by atoms with Crippen LogP contribution in [0, 0.1) is 5.41 Å². The van der Waals surface area contributed by atoms with E-state index in [0.29, 0.717) is 21.5 Å². The molecule has 32 heavy (non-hydrogen) atoms. The molecule has 1 aromatic heterocycles. The number of aromatic nitrogens is 2. The minimum atomic E-state index is 0.0931. The molecule has 2 aromatic rings. The number of anilines is 1. The van der Waals surface area contributed by atoms with Gasteiger partial charge in [0.2, 0.25) is 0 Å². The Hall–Kier alpha value is -1.82. The zero-order valence-electron chi connectivity index (χ0n) is 18.2. The molecule has 0 bridgehead atoms. The van der Waals surface area contributed by atoms with E-state index >= 15 is 0 Å². The highest BCUT2D eigenvalue weighted by atomic mass is 35.5. The maximum absolute atomic E-state index is 12.8. The minimum Gasteiger partial charge on any atom is -0.369 e. The second kappa shape index (κ2) is 7.89. The number of hydrogen-bond donors (Lipinski definition) is 1. The molecule has 5 nitrogen and oxygen atoms in total. The fraction of sp³-hybridized carbons (Fsp3) is 0.520. The predicted molar refractivity (Wildman–Crippen MR) is 130 cm³/mol. The molecule has 0 unspecified atom stereocenters. The lowest BCUT2D eigenvalue weighted by molar-refractivity contribution is 0.214. The van der Waals surface area contributed by atoms with Crippen molar-refractivity contribution in [2.24, 2.45) is 5.41 Å². The van der Waals surface area contributed by atoms with Gasteiger partial charge in [-0.3, -0.25) is 9.69 Å². The van der Waals surface area contributed by atoms with Crippen LogP contribution < -0.4 is 10.5 Å². The number of piperazine rings is 1. The van der Waals surface area contributed by atoms with Gasteiger partial charge in [0.1, 0.15) is 5.82 Å². The lowest BCUT2D eigenvalue weighted by Crippen LogP contribution is -2.49. The molecule has 1 saturated heterocycles. The molecular weight excluding hydrogens is 443 g/mol. The van der Waals surface area contributed by atoms with Gasteiger partial charge >= 0.3 is 0 Å². The Morgan fingerprint density at radius 2 is 1.84 bits per heavy atom. The van der Waals surface area contributed by atoms with E-state index in [1.807, 2.05) is 18.2 Å². The minimum absolute atomic E-state index is 0.0931. The van der Waals surface area contributed by atoms with Gasteiger partial charge in [-0.15, -0.1) is 0 Å². The van der Waals surface area contributed by atoms with Crippen LogP contribution in [0.1, 0.15) is 49.2 Å². The summed E-state index contributed by atoms with van der Waals surface area (Å²) in [6.07, 6.45) is 10.0. The third-order valence-electron chi connectivity index (χ3n) is 7.96. The third-order valence-corrected chi connectivity index (χ3v) is 8.70. The van der Waals surface area contributed by atoms with Crippen molar-refractivity contribution >= 4 is 34.5 Å². The summed E-state index contributed by atoms with van der Waals surface area (Å²) in [5, 5.41) is 1.20. The standard InChI is InChI=1S/C25H28Cl2N4O/c26-20-4-3-18(14-21(20)27)31-11-9-30(10-12-31)17-2-1-16(13-17)23-28-22-5-6-25(7-8-25)15-19(22)24(32)29-23/h3-4,13-14,17H,1-2,5-12,15H2,(H,28,29,32)/t17-/m1/s1. The maximum atomic E-state index is 12.8. The molecule has 7 heteroatoms. The highest BCUT2D eigenvalue weighted by molar-refractivity contribution is 6.42. The van der Waals surface area contributed by atoms with Gasteiger partial charge in [-0.25, -0.2) is 4.98 Å². The first-order valence-electron chi connectivity index (χ1n) is 11.8. The van der Waals surface area contributed by atoms with E-state index in [9.17, 15) is 4.79 Å². The second-order valence-corrected chi connectivity index (χ2v) is 10.8. The number of aryl methyl sites for hydroxylation is 1. The van der Waals surface area contributed by atoms with Gasteiger partial charge in [0.15, 0.2) is 0 Å². The quantitative estimate of drug-likeness (QED) is 0.705. The third kappa shape index (κ3) is 3.78. The zero-order chi connectivity index (χ0) is 21.9. The van der Waals surface area contributed by atoms with E-state index in [4.69, 9.17) is 28.2 Å². The molecule has 1 N–H and O–H groups in total. The molecule has 2 fully saturated rings. The molecule has 1 spiro atoms. The number of aromatic amines is 1. The summed E-state index contributed by atoms with van der Waals surface area (Å²) in [6, 6.07) is 6.28. The molecule has 1 saturated carbocycles. The number of fused-ring (bicyclic) bond motifs is 1. The second-order valence-electron chi connectivity index (χ2n) is 9.94. The van der Waals surface area contributed by atoms with Gasteiger partial charge in [0, 0.05) is 43.5 Å². The van der Waals surface area contributed by atoms with E-state index in [1.165, 1.54) is 24.8 Å². The first kappa shape index (κ1) is 20.8. The van der Waals surface area contributed by atoms with Crippen LogP contribution >= 0.6 is 23.2 Å². The smallest absolute Gasteiger partial charge is 0.254 e. The number of benzene rings is 1. The molecule has 0 amide bonds. The van der Waals surface area contributed by atoms with Gasteiger partial charge in [-0.1, -0.05) is 29.3 Å². The van der Waals surface area contributed by atoms with Crippen molar-refractivity contribution in [3.63, 3.8) is 0 Å². The Morgan fingerprint density at radius 3 is 2.59 bits per heavy atom. The summed E-state index contributed by atoms with van der Waals surface area (Å²) in [6.45, 7) is 3.94. The Morgan fingerprint density at radius 1 is 1.03 bits per heavy atom. The number of nitrogens with zero attached hydrogens (tertiary/aromatic N) is 3. The molecule has 168 valence electrons. The van der Waals surface area contributed by atoms with Crippen molar-refractivity contribution in [3.05, 3.63) is 61.8 Å². The number of nitrogens with one attached hydrogen (secondary N) is 1. The van der Waals surface area contributed by atoms with Crippen molar-refractivity contribution in [2.75, 3.05) is 31.1 Å². The average Bonchev–Trinajstić information content (AvgIpc) is 3.36. The average molecular weight is 471 g/mol. The van der Waals surface area contributed by atoms with E-state index in [0.717, 1.165) is 74.6 Å². The van der Waals surface area contributed by atoms with E-state index in [1.54, 1.807) is 0 Å². The van der Waals surface area contributed by atoms with Gasteiger partial charge in [-0.2, -0.15) is 0 Å². The number of halogens is 2. The molecule has 6 rings (SSSR count). The molecule has 3 aliphatic carbocycles. The summed E-state index contributed by atoms with van der Waals surface area (Å²) in [5.74, 6) is 0.803. The molecule has 2 heterocycles. The highest BCUT2D eigenvalue weighted by Gasteiger charge is 2.45. The van der Waals surface area contributed by atoms with Gasteiger partial charge in [-0.05, 0) is 74.1 Å². The molecule has 4 aliphatic rings. The van der Waals surface area contributed by atoms with Crippen LogP contribution in [-0.4, -0.2) is 47.1 Å². The lowest BCUT2D eigenvalue weighted by Gasteiger charge is -2.38. The summed E-state index contributed by atoms with van der Waals surface area (Å²) < 4.78 is 0. The van der Waals surface area contributed by atoms with Crippen molar-refractivity contribution < 1.29 is 0 Å². The summed E-state index contributed by atoms with van der Waals surface area (Å²) in [5.41, 5.74) is 4.85. The van der Waals surface area contributed by atoms with Gasteiger partial charge < -0.3 is 9.88 Å². The van der Waals surface area contributed by atoms with E-state index < -0.39 is 0 Å². The fourth-order valence-electron chi connectivity index (χ4n) is 5.72. The first-order chi connectivity index (χ1) is 15.5. The SMILES string of the molecule is O=c1[nH]c(C2=C[C@H](N3CCN(c4ccc(Cl)c(Cl)c4)CC3)CC2)nc2c1CC1(CC2)CC1. The molecule has 1 atom stereocenters. The normalized spacial score (nSPS) is 24.5. The van der Waals surface area contributed by atoms with Crippen LogP contribution in [0.15, 0.2) is 29.1 Å². The number of allylic oxidation sites excluding steroid dienone is 1. The van der Waals surface area contributed by atoms with Crippen molar-refractivity contribution in [1.29, 1.82) is 0 Å². The summed E-state index contributed by atoms with van der Waals surface area (Å²) >= 11 is 12.3. The molecular formula is C25H28Cl2N4O. The Labute approximate surface area is 198 Å². The van der Waals surface area contributed by atoms with E-state index in [2.05, 4.69) is 20.9 Å². The van der Waals surface area contributed by atoms with Crippen LogP contribution in [0.3, 0.4) is 0 Å². The Kier molecular flexibility index (Phi) is 5.12. The van der Waals surface area contributed by atoms with Crippen LogP contribution in [-0.2, 0) is 12.8 Å².